The minimum atomic E-state index is -1.03. The molecule has 0 radical (unpaired) electrons. The van der Waals surface area contributed by atoms with E-state index in [1.807, 2.05) is 6.07 Å². The normalized spacial score (nSPS) is 9.42. The Morgan fingerprint density at radius 3 is 2.33 bits per heavy atom. The summed E-state index contributed by atoms with van der Waals surface area (Å²) in [7, 11) is 0. The zero-order valence-electron chi connectivity index (χ0n) is 5.47. The molecule has 0 aromatic carbocycles. The van der Waals surface area contributed by atoms with Gasteiger partial charge in [0.05, 0.1) is 8.95 Å². The maximum Gasteiger partial charge on any atom is 0.347 e. The first-order chi connectivity index (χ1) is 5.57. The summed E-state index contributed by atoms with van der Waals surface area (Å²) in [6, 6.07) is 1.89. The first-order valence-corrected chi connectivity index (χ1v) is 5.09. The fraction of sp³-hybridized carbons (Fsp3) is 0. The molecule has 1 aromatic heterocycles. The van der Waals surface area contributed by atoms with Gasteiger partial charge in [-0.2, -0.15) is 5.26 Å². The molecule has 0 fully saturated rings. The van der Waals surface area contributed by atoms with Crippen molar-refractivity contribution >= 4 is 49.2 Å². The van der Waals surface area contributed by atoms with Gasteiger partial charge < -0.3 is 5.11 Å². The van der Waals surface area contributed by atoms with E-state index in [2.05, 4.69) is 31.9 Å². The van der Waals surface area contributed by atoms with Crippen molar-refractivity contribution in [2.24, 2.45) is 0 Å². The van der Waals surface area contributed by atoms with Crippen molar-refractivity contribution in [1.82, 2.24) is 0 Å². The van der Waals surface area contributed by atoms with Crippen LogP contribution in [0.15, 0.2) is 8.95 Å². The Balaban J connectivity index is 3.37. The monoisotopic (exact) mass is 309 g/mol. The minimum absolute atomic E-state index is 0.137. The zero-order valence-corrected chi connectivity index (χ0v) is 9.46. The van der Waals surface area contributed by atoms with E-state index >= 15 is 0 Å². The summed E-state index contributed by atoms with van der Waals surface area (Å²) in [5.41, 5.74) is 0. The van der Waals surface area contributed by atoms with Gasteiger partial charge in [0, 0.05) is 0 Å². The standard InChI is InChI=1S/C6HBr2NO2S/c7-3-2(1-9)12-5(4(3)8)6(10)11/h(H,10,11). The number of rotatable bonds is 1. The second kappa shape index (κ2) is 3.56. The Morgan fingerprint density at radius 2 is 2.08 bits per heavy atom. The average molecular weight is 311 g/mol. The number of carbonyl (C=O) groups is 1. The van der Waals surface area contributed by atoms with Crippen LogP contribution in [0.4, 0.5) is 0 Å². The van der Waals surface area contributed by atoms with Gasteiger partial charge in [-0.05, 0) is 31.9 Å². The van der Waals surface area contributed by atoms with Gasteiger partial charge >= 0.3 is 5.97 Å². The van der Waals surface area contributed by atoms with Crippen LogP contribution in [-0.2, 0) is 0 Å². The summed E-state index contributed by atoms with van der Waals surface area (Å²) >= 11 is 7.12. The molecule has 3 nitrogen and oxygen atoms in total. The first kappa shape index (κ1) is 9.71. The third kappa shape index (κ3) is 1.53. The van der Waals surface area contributed by atoms with E-state index in [0.717, 1.165) is 11.3 Å². The second-order valence-corrected chi connectivity index (χ2v) is 4.41. The Morgan fingerprint density at radius 1 is 1.50 bits per heavy atom. The van der Waals surface area contributed by atoms with Gasteiger partial charge in [0.2, 0.25) is 0 Å². The van der Waals surface area contributed by atoms with E-state index in [1.165, 1.54) is 0 Å². The van der Waals surface area contributed by atoms with Crippen LogP contribution in [0.5, 0.6) is 0 Å². The minimum Gasteiger partial charge on any atom is -0.477 e. The summed E-state index contributed by atoms with van der Waals surface area (Å²) < 4.78 is 0.934. The molecule has 0 amide bonds. The molecule has 0 aliphatic rings. The summed E-state index contributed by atoms with van der Waals surface area (Å²) in [4.78, 5) is 11.1. The van der Waals surface area contributed by atoms with E-state index in [9.17, 15) is 4.79 Å². The number of hydrogen-bond acceptors (Lipinski definition) is 3. The Bertz CT molecular complexity index is 380. The van der Waals surface area contributed by atoms with Crippen molar-refractivity contribution in [1.29, 1.82) is 5.26 Å². The molecule has 0 aliphatic carbocycles. The van der Waals surface area contributed by atoms with E-state index in [4.69, 9.17) is 10.4 Å². The van der Waals surface area contributed by atoms with Crippen LogP contribution in [0.25, 0.3) is 0 Å². The number of carboxylic acids is 1. The van der Waals surface area contributed by atoms with Gasteiger partial charge in [-0.25, -0.2) is 4.79 Å². The van der Waals surface area contributed by atoms with Crippen molar-refractivity contribution in [3.05, 3.63) is 18.7 Å². The largest absolute Gasteiger partial charge is 0.477 e. The maximum atomic E-state index is 10.6. The number of thiophene rings is 1. The number of hydrogen-bond donors (Lipinski definition) is 1. The molecule has 0 saturated heterocycles. The van der Waals surface area contributed by atoms with Gasteiger partial charge in [0.25, 0.3) is 0 Å². The fourth-order valence-electron chi connectivity index (χ4n) is 0.600. The molecule has 0 saturated carbocycles. The van der Waals surface area contributed by atoms with Crippen LogP contribution in [0.2, 0.25) is 0 Å². The molecule has 1 aromatic rings. The molecule has 0 bridgehead atoms. The van der Waals surface area contributed by atoms with Crippen LogP contribution in [-0.4, -0.2) is 11.1 Å². The Kier molecular flexibility index (Phi) is 2.88. The van der Waals surface area contributed by atoms with Crippen molar-refractivity contribution in [3.63, 3.8) is 0 Å². The Hall–Kier alpha value is -0.380. The molecular weight excluding hydrogens is 310 g/mol. The third-order valence-corrected chi connectivity index (χ3v) is 4.82. The van der Waals surface area contributed by atoms with Gasteiger partial charge in [0.1, 0.15) is 15.8 Å². The lowest BCUT2D eigenvalue weighted by atomic mass is 10.4. The summed E-state index contributed by atoms with van der Waals surface area (Å²) in [5, 5.41) is 17.2. The molecule has 0 unspecified atom stereocenters. The van der Waals surface area contributed by atoms with Crippen LogP contribution >= 0.6 is 43.2 Å². The molecule has 1 heterocycles. The lowest BCUT2D eigenvalue weighted by Gasteiger charge is -1.86. The molecule has 6 heteroatoms. The topological polar surface area (TPSA) is 61.1 Å². The SMILES string of the molecule is N#Cc1sc(C(=O)O)c(Br)c1Br. The highest BCUT2D eigenvalue weighted by Crippen LogP contribution is 2.36. The average Bonchev–Trinajstić information content (AvgIpc) is 2.30. The van der Waals surface area contributed by atoms with Gasteiger partial charge in [-0.15, -0.1) is 11.3 Å². The predicted molar refractivity (Wildman–Crippen MR) is 51.4 cm³/mol. The highest BCUT2D eigenvalue weighted by molar-refractivity contribution is 9.13. The van der Waals surface area contributed by atoms with E-state index in [-0.39, 0.29) is 4.88 Å². The van der Waals surface area contributed by atoms with Gasteiger partial charge in [-0.3, -0.25) is 0 Å². The molecule has 0 aliphatic heterocycles. The summed E-state index contributed by atoms with van der Waals surface area (Å²) in [6.07, 6.45) is 0. The van der Waals surface area contributed by atoms with E-state index < -0.39 is 5.97 Å². The quantitative estimate of drug-likeness (QED) is 0.867. The molecule has 1 N–H and O–H groups in total. The predicted octanol–water partition coefficient (Wildman–Crippen LogP) is 2.84. The van der Waals surface area contributed by atoms with E-state index in [0.29, 0.717) is 13.8 Å². The van der Waals surface area contributed by atoms with Gasteiger partial charge in [0.15, 0.2) is 0 Å². The van der Waals surface area contributed by atoms with Crippen molar-refractivity contribution in [2.75, 3.05) is 0 Å². The lowest BCUT2D eigenvalue weighted by molar-refractivity contribution is 0.0701. The molecule has 0 atom stereocenters. The van der Waals surface area contributed by atoms with Crippen LogP contribution in [0, 0.1) is 11.3 Å². The molecule has 12 heavy (non-hydrogen) atoms. The highest BCUT2D eigenvalue weighted by Gasteiger charge is 2.18. The third-order valence-electron chi connectivity index (χ3n) is 1.09. The van der Waals surface area contributed by atoms with Crippen LogP contribution in [0.3, 0.4) is 0 Å². The zero-order chi connectivity index (χ0) is 9.30. The van der Waals surface area contributed by atoms with Crippen molar-refractivity contribution < 1.29 is 9.90 Å². The lowest BCUT2D eigenvalue weighted by Crippen LogP contribution is -1.91. The summed E-state index contributed by atoms with van der Waals surface area (Å²) in [5.74, 6) is -1.03. The first-order valence-electron chi connectivity index (χ1n) is 2.69. The fourth-order valence-corrected chi connectivity index (χ4v) is 2.72. The van der Waals surface area contributed by atoms with Crippen LogP contribution < -0.4 is 0 Å². The van der Waals surface area contributed by atoms with Crippen molar-refractivity contribution in [3.8, 4) is 6.07 Å². The van der Waals surface area contributed by atoms with Crippen LogP contribution in [0.1, 0.15) is 14.5 Å². The molecule has 0 spiro atoms. The van der Waals surface area contributed by atoms with E-state index in [1.54, 1.807) is 0 Å². The highest BCUT2D eigenvalue weighted by atomic mass is 79.9. The molecule has 62 valence electrons. The number of nitrogens with zero attached hydrogens (tertiary/aromatic N) is 1. The van der Waals surface area contributed by atoms with Crippen molar-refractivity contribution in [2.45, 2.75) is 0 Å². The number of aromatic carboxylic acids is 1. The smallest absolute Gasteiger partial charge is 0.347 e. The summed E-state index contributed by atoms with van der Waals surface area (Å²) in [6.45, 7) is 0. The maximum absolute atomic E-state index is 10.6. The second-order valence-electron chi connectivity index (χ2n) is 1.81. The van der Waals surface area contributed by atoms with Gasteiger partial charge in [-0.1, -0.05) is 0 Å². The number of halogens is 2. The number of nitriles is 1. The Labute approximate surface area is 88.9 Å². The molecular formula is C6HBr2NO2S. The number of carboxylic acid groups (broad SMARTS) is 1. The molecule has 1 rings (SSSR count).